The lowest BCUT2D eigenvalue weighted by Crippen LogP contribution is -2.45. The molecule has 0 spiro atoms. The van der Waals surface area contributed by atoms with E-state index in [2.05, 4.69) is 0 Å². The molecule has 1 aromatic rings. The van der Waals surface area contributed by atoms with Gasteiger partial charge < -0.3 is 18.9 Å². The molecule has 3 rings (SSSR count). The van der Waals surface area contributed by atoms with E-state index in [0.29, 0.717) is 32.1 Å². The van der Waals surface area contributed by atoms with Crippen molar-refractivity contribution in [2.45, 2.75) is 18.9 Å². The zero-order valence-corrected chi connectivity index (χ0v) is 11.7. The molecule has 20 heavy (non-hydrogen) atoms. The van der Waals surface area contributed by atoms with Crippen LogP contribution in [0.25, 0.3) is 0 Å². The quantitative estimate of drug-likeness (QED) is 0.824. The molecule has 1 saturated heterocycles. The summed E-state index contributed by atoms with van der Waals surface area (Å²) >= 11 is 0. The third kappa shape index (κ3) is 2.45. The van der Waals surface area contributed by atoms with Crippen LogP contribution in [0.4, 0.5) is 0 Å². The van der Waals surface area contributed by atoms with Crippen LogP contribution in [0.1, 0.15) is 24.6 Å². The first-order valence-corrected chi connectivity index (χ1v) is 7.10. The van der Waals surface area contributed by atoms with Crippen LogP contribution in [0, 0.1) is 0 Å². The highest BCUT2D eigenvalue weighted by molar-refractivity contribution is 5.92. The van der Waals surface area contributed by atoms with Crippen molar-refractivity contribution in [3.8, 4) is 0 Å². The van der Waals surface area contributed by atoms with Crippen molar-refractivity contribution >= 4 is 5.91 Å². The standard InChI is InChI=1S/C15H20N2O3/c1-16-7-4-5-12(16)13-11-19-10-8-17(13)15(18)14-6-2-3-9-20-14/h4-7,13H,2-3,8-11H2,1H3/t13-/m1/s1. The van der Waals surface area contributed by atoms with Crippen molar-refractivity contribution in [2.75, 3.05) is 26.4 Å². The van der Waals surface area contributed by atoms with Crippen LogP contribution in [0.2, 0.25) is 0 Å². The van der Waals surface area contributed by atoms with E-state index in [1.807, 2.05) is 40.9 Å². The van der Waals surface area contributed by atoms with Gasteiger partial charge in [0.25, 0.3) is 5.91 Å². The summed E-state index contributed by atoms with van der Waals surface area (Å²) in [7, 11) is 1.99. The highest BCUT2D eigenvalue weighted by Crippen LogP contribution is 2.26. The molecule has 0 radical (unpaired) electrons. The Bertz CT molecular complexity index is 521. The minimum atomic E-state index is -0.0392. The van der Waals surface area contributed by atoms with Crippen molar-refractivity contribution < 1.29 is 14.3 Å². The fourth-order valence-electron chi connectivity index (χ4n) is 2.76. The van der Waals surface area contributed by atoms with E-state index in [1.54, 1.807) is 0 Å². The number of carbonyl (C=O) groups excluding carboxylic acids is 1. The predicted octanol–water partition coefficient (Wildman–Crippen LogP) is 1.62. The fraction of sp³-hybridized carbons (Fsp3) is 0.533. The van der Waals surface area contributed by atoms with Crippen LogP contribution in [0.3, 0.4) is 0 Å². The minimum absolute atomic E-state index is 0.0146. The van der Waals surface area contributed by atoms with E-state index >= 15 is 0 Å². The van der Waals surface area contributed by atoms with Gasteiger partial charge >= 0.3 is 0 Å². The highest BCUT2D eigenvalue weighted by atomic mass is 16.5. The van der Waals surface area contributed by atoms with E-state index in [1.165, 1.54) is 0 Å². The second kappa shape index (κ2) is 5.71. The second-order valence-electron chi connectivity index (χ2n) is 5.19. The third-order valence-corrected chi connectivity index (χ3v) is 3.86. The van der Waals surface area contributed by atoms with Crippen molar-refractivity contribution in [3.05, 3.63) is 35.9 Å². The number of allylic oxidation sites excluding steroid dienone is 1. The van der Waals surface area contributed by atoms with E-state index in [-0.39, 0.29) is 11.9 Å². The van der Waals surface area contributed by atoms with Crippen LogP contribution >= 0.6 is 0 Å². The molecule has 0 bridgehead atoms. The maximum absolute atomic E-state index is 12.6. The summed E-state index contributed by atoms with van der Waals surface area (Å²) in [6, 6.07) is 3.99. The SMILES string of the molecule is Cn1cccc1[C@H]1COCCN1C(=O)C1=CCCCO1. The van der Waals surface area contributed by atoms with Gasteiger partial charge in [0.05, 0.1) is 25.9 Å². The van der Waals surface area contributed by atoms with Gasteiger partial charge in [0.1, 0.15) is 0 Å². The molecule has 0 unspecified atom stereocenters. The molecule has 0 saturated carbocycles. The Labute approximate surface area is 118 Å². The van der Waals surface area contributed by atoms with Gasteiger partial charge in [0.15, 0.2) is 5.76 Å². The predicted molar refractivity (Wildman–Crippen MR) is 74.0 cm³/mol. The van der Waals surface area contributed by atoms with E-state index in [4.69, 9.17) is 9.47 Å². The summed E-state index contributed by atoms with van der Waals surface area (Å²) in [6.45, 7) is 2.36. The summed E-state index contributed by atoms with van der Waals surface area (Å²) in [5.41, 5.74) is 1.09. The van der Waals surface area contributed by atoms with Crippen LogP contribution in [-0.2, 0) is 21.3 Å². The molecule has 0 aliphatic carbocycles. The minimum Gasteiger partial charge on any atom is -0.488 e. The molecule has 1 aromatic heterocycles. The molecule has 2 aliphatic heterocycles. The number of amides is 1. The molecule has 0 N–H and O–H groups in total. The average molecular weight is 276 g/mol. The van der Waals surface area contributed by atoms with E-state index in [9.17, 15) is 4.79 Å². The van der Waals surface area contributed by atoms with Crippen molar-refractivity contribution in [1.82, 2.24) is 9.47 Å². The second-order valence-corrected chi connectivity index (χ2v) is 5.19. The first-order valence-electron chi connectivity index (χ1n) is 7.10. The van der Waals surface area contributed by atoms with Crippen molar-refractivity contribution in [1.29, 1.82) is 0 Å². The van der Waals surface area contributed by atoms with Gasteiger partial charge in [-0.2, -0.15) is 0 Å². The molecule has 0 aromatic carbocycles. The summed E-state index contributed by atoms with van der Waals surface area (Å²) in [5, 5.41) is 0. The normalized spacial score (nSPS) is 23.1. The van der Waals surface area contributed by atoms with E-state index < -0.39 is 0 Å². The molecular weight excluding hydrogens is 256 g/mol. The molecule has 3 heterocycles. The van der Waals surface area contributed by atoms with Crippen molar-refractivity contribution in [2.24, 2.45) is 7.05 Å². The Kier molecular flexibility index (Phi) is 3.78. The number of carbonyl (C=O) groups is 1. The molecule has 108 valence electrons. The molecule has 5 nitrogen and oxygen atoms in total. The number of aryl methyl sites for hydroxylation is 1. The van der Waals surface area contributed by atoms with Gasteiger partial charge in [-0.05, 0) is 31.1 Å². The lowest BCUT2D eigenvalue weighted by Gasteiger charge is -2.36. The Morgan fingerprint density at radius 1 is 1.40 bits per heavy atom. The monoisotopic (exact) mass is 276 g/mol. The zero-order chi connectivity index (χ0) is 13.9. The number of hydrogen-bond acceptors (Lipinski definition) is 3. The van der Waals surface area contributed by atoms with Gasteiger partial charge in [-0.15, -0.1) is 0 Å². The lowest BCUT2D eigenvalue weighted by atomic mass is 10.1. The van der Waals surface area contributed by atoms with Crippen LogP contribution in [0.5, 0.6) is 0 Å². The third-order valence-electron chi connectivity index (χ3n) is 3.86. The Morgan fingerprint density at radius 2 is 2.30 bits per heavy atom. The molecular formula is C15H20N2O3. The average Bonchev–Trinajstić information content (AvgIpc) is 2.93. The summed E-state index contributed by atoms with van der Waals surface area (Å²) in [4.78, 5) is 14.5. The number of morpholine rings is 1. The fourth-order valence-corrected chi connectivity index (χ4v) is 2.76. The van der Waals surface area contributed by atoms with Gasteiger partial charge in [0, 0.05) is 25.5 Å². The first kappa shape index (κ1) is 13.2. The zero-order valence-electron chi connectivity index (χ0n) is 11.7. The summed E-state index contributed by atoms with van der Waals surface area (Å²) in [5.74, 6) is 0.483. The largest absolute Gasteiger partial charge is 0.488 e. The van der Waals surface area contributed by atoms with Gasteiger partial charge in [-0.25, -0.2) is 0 Å². The summed E-state index contributed by atoms with van der Waals surface area (Å²) < 4.78 is 13.1. The number of aromatic nitrogens is 1. The molecule has 2 aliphatic rings. The topological polar surface area (TPSA) is 43.7 Å². The van der Waals surface area contributed by atoms with Gasteiger partial charge in [-0.1, -0.05) is 0 Å². The number of ether oxygens (including phenoxy) is 2. The highest BCUT2D eigenvalue weighted by Gasteiger charge is 2.32. The Balaban J connectivity index is 1.83. The van der Waals surface area contributed by atoms with Gasteiger partial charge in [0.2, 0.25) is 0 Å². The molecule has 5 heteroatoms. The number of rotatable bonds is 2. The lowest BCUT2D eigenvalue weighted by molar-refractivity contribution is -0.140. The van der Waals surface area contributed by atoms with Crippen LogP contribution in [0.15, 0.2) is 30.2 Å². The molecule has 1 fully saturated rings. The maximum Gasteiger partial charge on any atom is 0.289 e. The summed E-state index contributed by atoms with van der Waals surface area (Å²) in [6.07, 6.45) is 5.80. The number of nitrogens with zero attached hydrogens (tertiary/aromatic N) is 2. The van der Waals surface area contributed by atoms with Gasteiger partial charge in [-0.3, -0.25) is 4.79 Å². The smallest absolute Gasteiger partial charge is 0.289 e. The maximum atomic E-state index is 12.6. The van der Waals surface area contributed by atoms with Crippen LogP contribution in [-0.4, -0.2) is 41.7 Å². The number of hydrogen-bond donors (Lipinski definition) is 0. The molecule has 1 atom stereocenters. The first-order chi connectivity index (χ1) is 9.77. The van der Waals surface area contributed by atoms with E-state index in [0.717, 1.165) is 18.5 Å². The Hall–Kier alpha value is -1.75. The molecule has 1 amide bonds. The Morgan fingerprint density at radius 3 is 3.00 bits per heavy atom. The van der Waals surface area contributed by atoms with Crippen LogP contribution < -0.4 is 0 Å². The van der Waals surface area contributed by atoms with Crippen molar-refractivity contribution in [3.63, 3.8) is 0 Å².